The molecule has 1 aromatic carbocycles. The quantitative estimate of drug-likeness (QED) is 0.577. The Kier molecular flexibility index (Phi) is 2.60. The summed E-state index contributed by atoms with van der Waals surface area (Å²) in [5, 5.41) is 10.6. The Bertz CT molecular complexity index is 457. The normalized spacial score (nSPS) is 14.1. The van der Waals surface area contributed by atoms with E-state index in [1.165, 1.54) is 12.1 Å². The van der Waals surface area contributed by atoms with E-state index in [-0.39, 0.29) is 18.0 Å². The van der Waals surface area contributed by atoms with Gasteiger partial charge in [-0.25, -0.2) is 0 Å². The third kappa shape index (κ3) is 1.64. The van der Waals surface area contributed by atoms with Crippen LogP contribution in [0.3, 0.4) is 0 Å². The fourth-order valence-corrected chi connectivity index (χ4v) is 1.95. The number of benzene rings is 1. The molecule has 84 valence electrons. The minimum absolute atomic E-state index is 0.0253. The summed E-state index contributed by atoms with van der Waals surface area (Å²) in [6.07, 6.45) is 1.15. The summed E-state index contributed by atoms with van der Waals surface area (Å²) >= 11 is 0. The largest absolute Gasteiger partial charge is 0.312 e. The molecule has 1 aromatic rings. The maximum absolute atomic E-state index is 11.7. The van der Waals surface area contributed by atoms with Crippen molar-refractivity contribution in [1.82, 2.24) is 0 Å². The van der Waals surface area contributed by atoms with E-state index in [9.17, 15) is 14.9 Å². The Balaban J connectivity index is 2.38. The Morgan fingerprint density at radius 2 is 2.25 bits per heavy atom. The fraction of sp³-hybridized carbons (Fsp3) is 0.364. The summed E-state index contributed by atoms with van der Waals surface area (Å²) in [6.45, 7) is 2.67. The number of hydrogen-bond acceptors (Lipinski definition) is 3. The Morgan fingerprint density at radius 3 is 2.88 bits per heavy atom. The highest BCUT2D eigenvalue weighted by molar-refractivity contribution is 6.01. The smallest absolute Gasteiger partial charge is 0.269 e. The maximum Gasteiger partial charge on any atom is 0.269 e. The molecular weight excluding hydrogens is 208 g/mol. The second kappa shape index (κ2) is 3.92. The van der Waals surface area contributed by atoms with Crippen LogP contribution < -0.4 is 4.90 Å². The summed E-state index contributed by atoms with van der Waals surface area (Å²) in [7, 11) is 0. The lowest BCUT2D eigenvalue weighted by molar-refractivity contribution is -0.384. The van der Waals surface area contributed by atoms with Crippen LogP contribution in [0.5, 0.6) is 0 Å². The van der Waals surface area contributed by atoms with Crippen LogP contribution in [-0.4, -0.2) is 17.4 Å². The molecule has 0 bridgehead atoms. The molecule has 0 fully saturated rings. The highest BCUT2D eigenvalue weighted by Crippen LogP contribution is 2.31. The number of rotatable bonds is 3. The van der Waals surface area contributed by atoms with E-state index in [1.54, 1.807) is 11.0 Å². The van der Waals surface area contributed by atoms with E-state index in [1.807, 2.05) is 6.92 Å². The average molecular weight is 220 g/mol. The van der Waals surface area contributed by atoms with Gasteiger partial charge in [0.25, 0.3) is 5.69 Å². The van der Waals surface area contributed by atoms with Gasteiger partial charge in [-0.15, -0.1) is 0 Å². The lowest BCUT2D eigenvalue weighted by Crippen LogP contribution is -2.27. The lowest BCUT2D eigenvalue weighted by atomic mass is 10.1. The van der Waals surface area contributed by atoms with Crippen LogP contribution in [0.15, 0.2) is 18.2 Å². The Morgan fingerprint density at radius 1 is 1.50 bits per heavy atom. The van der Waals surface area contributed by atoms with Crippen molar-refractivity contribution in [2.45, 2.75) is 19.8 Å². The molecule has 0 atom stereocenters. The molecule has 1 heterocycles. The van der Waals surface area contributed by atoms with E-state index in [0.717, 1.165) is 17.7 Å². The van der Waals surface area contributed by atoms with Crippen LogP contribution in [0.25, 0.3) is 0 Å². The van der Waals surface area contributed by atoms with Gasteiger partial charge in [0.15, 0.2) is 0 Å². The van der Waals surface area contributed by atoms with Crippen molar-refractivity contribution in [2.24, 2.45) is 0 Å². The minimum Gasteiger partial charge on any atom is -0.312 e. The van der Waals surface area contributed by atoms with Crippen LogP contribution in [0.4, 0.5) is 11.4 Å². The second-order valence-electron chi connectivity index (χ2n) is 3.79. The third-order valence-corrected chi connectivity index (χ3v) is 2.65. The number of non-ortho nitro benzene ring substituents is 1. The first-order valence-corrected chi connectivity index (χ1v) is 5.21. The van der Waals surface area contributed by atoms with Gasteiger partial charge in [0.1, 0.15) is 0 Å². The summed E-state index contributed by atoms with van der Waals surface area (Å²) in [6, 6.07) is 4.59. The lowest BCUT2D eigenvalue weighted by Gasteiger charge is -2.15. The van der Waals surface area contributed by atoms with Crippen molar-refractivity contribution < 1.29 is 9.72 Å². The molecule has 0 spiro atoms. The highest BCUT2D eigenvalue weighted by atomic mass is 16.6. The first-order valence-electron chi connectivity index (χ1n) is 5.21. The number of anilines is 1. The number of carbonyl (C=O) groups excluding carboxylic acids is 1. The summed E-state index contributed by atoms with van der Waals surface area (Å²) < 4.78 is 0. The predicted molar refractivity (Wildman–Crippen MR) is 59.4 cm³/mol. The second-order valence-corrected chi connectivity index (χ2v) is 3.79. The van der Waals surface area contributed by atoms with Crippen molar-refractivity contribution in [3.63, 3.8) is 0 Å². The molecule has 0 N–H and O–H groups in total. The number of nitrogens with zero attached hydrogens (tertiary/aromatic N) is 2. The molecule has 0 saturated heterocycles. The molecule has 2 rings (SSSR count). The van der Waals surface area contributed by atoms with Crippen LogP contribution in [0.1, 0.15) is 18.9 Å². The van der Waals surface area contributed by atoms with Crippen molar-refractivity contribution >= 4 is 17.3 Å². The van der Waals surface area contributed by atoms with Crippen molar-refractivity contribution in [3.05, 3.63) is 33.9 Å². The fourth-order valence-electron chi connectivity index (χ4n) is 1.95. The topological polar surface area (TPSA) is 63.5 Å². The number of carbonyl (C=O) groups is 1. The molecule has 5 nitrogen and oxygen atoms in total. The minimum atomic E-state index is -0.437. The monoisotopic (exact) mass is 220 g/mol. The zero-order chi connectivity index (χ0) is 11.7. The SMILES string of the molecule is CCCN1C(=O)Cc2cc([N+](=O)[O-])ccc21. The molecule has 0 radical (unpaired) electrons. The number of nitro benzene ring substituents is 1. The molecule has 1 amide bonds. The molecule has 0 saturated carbocycles. The molecule has 0 aromatic heterocycles. The van der Waals surface area contributed by atoms with Gasteiger partial charge in [0.2, 0.25) is 5.91 Å². The Hall–Kier alpha value is -1.91. The van der Waals surface area contributed by atoms with Crippen LogP contribution >= 0.6 is 0 Å². The maximum atomic E-state index is 11.7. The van der Waals surface area contributed by atoms with Gasteiger partial charge < -0.3 is 4.90 Å². The van der Waals surface area contributed by atoms with Gasteiger partial charge in [-0.1, -0.05) is 6.92 Å². The van der Waals surface area contributed by atoms with Gasteiger partial charge >= 0.3 is 0 Å². The third-order valence-electron chi connectivity index (χ3n) is 2.65. The van der Waals surface area contributed by atoms with Gasteiger partial charge in [0, 0.05) is 24.4 Å². The highest BCUT2D eigenvalue weighted by Gasteiger charge is 2.27. The standard InChI is InChI=1S/C11H12N2O3/c1-2-5-12-10-4-3-9(13(15)16)6-8(10)7-11(12)14/h3-4,6H,2,5,7H2,1H3. The first kappa shape index (κ1) is 10.6. The number of fused-ring (bicyclic) bond motifs is 1. The van der Waals surface area contributed by atoms with E-state index in [4.69, 9.17) is 0 Å². The first-order chi connectivity index (χ1) is 7.63. The molecule has 0 unspecified atom stereocenters. The van der Waals surface area contributed by atoms with Crippen LogP contribution in [0.2, 0.25) is 0 Å². The van der Waals surface area contributed by atoms with Crippen LogP contribution in [-0.2, 0) is 11.2 Å². The Labute approximate surface area is 92.8 Å². The van der Waals surface area contributed by atoms with E-state index in [0.29, 0.717) is 6.54 Å². The summed E-state index contributed by atoms with van der Waals surface area (Å²) in [4.78, 5) is 23.5. The van der Waals surface area contributed by atoms with E-state index in [2.05, 4.69) is 0 Å². The van der Waals surface area contributed by atoms with Gasteiger partial charge in [-0.2, -0.15) is 0 Å². The molecule has 16 heavy (non-hydrogen) atoms. The van der Waals surface area contributed by atoms with Crippen molar-refractivity contribution in [1.29, 1.82) is 0 Å². The van der Waals surface area contributed by atoms with E-state index >= 15 is 0 Å². The van der Waals surface area contributed by atoms with Crippen molar-refractivity contribution in [3.8, 4) is 0 Å². The number of hydrogen-bond donors (Lipinski definition) is 0. The zero-order valence-electron chi connectivity index (χ0n) is 8.97. The van der Waals surface area contributed by atoms with Gasteiger partial charge in [-0.3, -0.25) is 14.9 Å². The number of nitro groups is 1. The molecule has 0 aliphatic carbocycles. The average Bonchev–Trinajstić information content (AvgIpc) is 2.55. The van der Waals surface area contributed by atoms with E-state index < -0.39 is 4.92 Å². The predicted octanol–water partition coefficient (Wildman–Crippen LogP) is 1.89. The summed E-state index contributed by atoms with van der Waals surface area (Å²) in [5.41, 5.74) is 1.62. The van der Waals surface area contributed by atoms with Gasteiger partial charge in [-0.05, 0) is 18.1 Å². The van der Waals surface area contributed by atoms with Crippen molar-refractivity contribution in [2.75, 3.05) is 11.4 Å². The number of amides is 1. The van der Waals surface area contributed by atoms with Gasteiger partial charge in [0.05, 0.1) is 11.3 Å². The summed E-state index contributed by atoms with van der Waals surface area (Å²) in [5.74, 6) is 0.0253. The van der Waals surface area contributed by atoms with Crippen LogP contribution in [0, 0.1) is 10.1 Å². The molecule has 1 aliphatic heterocycles. The zero-order valence-corrected chi connectivity index (χ0v) is 8.97. The molecular formula is C11H12N2O3. The molecule has 1 aliphatic rings. The molecule has 5 heteroatoms.